The van der Waals surface area contributed by atoms with E-state index in [0.717, 1.165) is 4.68 Å². The molecule has 2 rings (SSSR count). The summed E-state index contributed by atoms with van der Waals surface area (Å²) in [6, 6.07) is 0. The van der Waals surface area contributed by atoms with Crippen LogP contribution in [0.4, 0.5) is 0 Å². The zero-order valence-electron chi connectivity index (χ0n) is 10.4. The fourth-order valence-electron chi connectivity index (χ4n) is 1.96. The van der Waals surface area contributed by atoms with Gasteiger partial charge >= 0.3 is 5.97 Å². The number of sulfonamides is 1. The second-order valence-electron chi connectivity index (χ2n) is 4.28. The minimum absolute atomic E-state index is 0.00510. The summed E-state index contributed by atoms with van der Waals surface area (Å²) in [6.45, 7) is 0.337. The van der Waals surface area contributed by atoms with Gasteiger partial charge in [-0.05, 0) is 6.42 Å². The first kappa shape index (κ1) is 14.0. The maximum Gasteiger partial charge on any atom is 0.325 e. The topological polar surface area (TPSA) is 102 Å². The van der Waals surface area contributed by atoms with E-state index in [1.165, 1.54) is 16.7 Å². The summed E-state index contributed by atoms with van der Waals surface area (Å²) in [7, 11) is -2.07. The molecule has 1 fully saturated rings. The van der Waals surface area contributed by atoms with Gasteiger partial charge in [-0.25, -0.2) is 8.42 Å². The number of ether oxygens (including phenoxy) is 1. The van der Waals surface area contributed by atoms with Crippen molar-refractivity contribution in [1.82, 2.24) is 14.1 Å². The van der Waals surface area contributed by atoms with Crippen molar-refractivity contribution in [1.29, 1.82) is 0 Å². The number of carboxylic acids is 1. The largest absolute Gasteiger partial charge is 0.480 e. The minimum atomic E-state index is -3.62. The van der Waals surface area contributed by atoms with Gasteiger partial charge in [0.05, 0.1) is 12.3 Å². The van der Waals surface area contributed by atoms with Gasteiger partial charge in [0.25, 0.3) is 0 Å². The van der Waals surface area contributed by atoms with Crippen LogP contribution in [-0.4, -0.2) is 59.9 Å². The van der Waals surface area contributed by atoms with Gasteiger partial charge in [0.1, 0.15) is 11.4 Å². The lowest BCUT2D eigenvalue weighted by Gasteiger charge is -2.14. The monoisotopic (exact) mass is 289 g/mol. The summed E-state index contributed by atoms with van der Waals surface area (Å²) in [5, 5.41) is 12.4. The fraction of sp³-hybridized carbons (Fsp3) is 0.600. The molecule has 19 heavy (non-hydrogen) atoms. The van der Waals surface area contributed by atoms with Gasteiger partial charge in [-0.1, -0.05) is 0 Å². The van der Waals surface area contributed by atoms with Crippen LogP contribution < -0.4 is 0 Å². The predicted molar refractivity (Wildman–Crippen MR) is 64.0 cm³/mol. The second kappa shape index (κ2) is 5.27. The predicted octanol–water partition coefficient (Wildman–Crippen LogP) is -0.623. The van der Waals surface area contributed by atoms with Gasteiger partial charge in [-0.3, -0.25) is 9.48 Å². The van der Waals surface area contributed by atoms with Crippen LogP contribution in [0, 0.1) is 0 Å². The highest BCUT2D eigenvalue weighted by Crippen LogP contribution is 2.21. The number of aromatic nitrogens is 2. The number of aliphatic carboxylic acids is 1. The molecule has 8 nitrogen and oxygen atoms in total. The standard InChI is InChI=1S/C10H15N3O5S/c1-18-8-2-3-13(5-8)19(16,17)9-4-11-12(6-9)7-10(14)15/h4,6,8H,2-3,5,7H2,1H3,(H,14,15). The van der Waals surface area contributed by atoms with Gasteiger partial charge in [-0.15, -0.1) is 0 Å². The zero-order chi connectivity index (χ0) is 14.0. The molecule has 1 atom stereocenters. The van der Waals surface area contributed by atoms with E-state index < -0.39 is 16.0 Å². The molecular formula is C10H15N3O5S. The molecule has 0 saturated carbocycles. The molecule has 1 aromatic heterocycles. The molecule has 0 aliphatic carbocycles. The maximum absolute atomic E-state index is 12.3. The first-order valence-corrected chi connectivity index (χ1v) is 7.14. The van der Waals surface area contributed by atoms with E-state index in [2.05, 4.69) is 5.10 Å². The Balaban J connectivity index is 2.16. The second-order valence-corrected chi connectivity index (χ2v) is 6.21. The molecule has 1 aliphatic heterocycles. The average molecular weight is 289 g/mol. The Morgan fingerprint density at radius 3 is 2.95 bits per heavy atom. The summed E-state index contributed by atoms with van der Waals surface area (Å²) in [6.07, 6.45) is 2.95. The summed E-state index contributed by atoms with van der Waals surface area (Å²) in [4.78, 5) is 10.5. The van der Waals surface area contributed by atoms with Crippen molar-refractivity contribution in [2.45, 2.75) is 24.0 Å². The van der Waals surface area contributed by atoms with Crippen molar-refractivity contribution in [3.8, 4) is 0 Å². The number of hydrogen-bond acceptors (Lipinski definition) is 5. The average Bonchev–Trinajstić information content (AvgIpc) is 2.96. The molecule has 0 spiro atoms. The molecule has 106 valence electrons. The molecule has 9 heteroatoms. The Labute approximate surface area is 110 Å². The van der Waals surface area contributed by atoms with E-state index in [9.17, 15) is 13.2 Å². The van der Waals surface area contributed by atoms with Crippen LogP contribution in [0.5, 0.6) is 0 Å². The van der Waals surface area contributed by atoms with Gasteiger partial charge in [-0.2, -0.15) is 9.40 Å². The van der Waals surface area contributed by atoms with E-state index in [4.69, 9.17) is 9.84 Å². The number of carbonyl (C=O) groups is 1. The summed E-state index contributed by atoms with van der Waals surface area (Å²) in [5.41, 5.74) is 0. The van der Waals surface area contributed by atoms with Crippen LogP contribution in [-0.2, 0) is 26.1 Å². The van der Waals surface area contributed by atoms with Crippen LogP contribution in [0.2, 0.25) is 0 Å². The van der Waals surface area contributed by atoms with Gasteiger partial charge in [0, 0.05) is 26.4 Å². The Bertz CT molecular complexity index is 567. The molecule has 0 amide bonds. The number of methoxy groups -OCH3 is 1. The molecule has 1 unspecified atom stereocenters. The lowest BCUT2D eigenvalue weighted by molar-refractivity contribution is -0.137. The van der Waals surface area contributed by atoms with Gasteiger partial charge in [0.15, 0.2) is 0 Å². The Hall–Kier alpha value is -1.45. The number of hydrogen-bond donors (Lipinski definition) is 1. The third-order valence-electron chi connectivity index (χ3n) is 2.99. The van der Waals surface area contributed by atoms with Crippen molar-refractivity contribution < 1.29 is 23.1 Å². The number of carboxylic acid groups (broad SMARTS) is 1. The van der Waals surface area contributed by atoms with Crippen molar-refractivity contribution in [2.75, 3.05) is 20.2 Å². The molecule has 0 bridgehead atoms. The number of rotatable bonds is 5. The Morgan fingerprint density at radius 2 is 2.37 bits per heavy atom. The van der Waals surface area contributed by atoms with E-state index in [1.807, 2.05) is 0 Å². The number of nitrogens with zero attached hydrogens (tertiary/aromatic N) is 3. The molecule has 1 aliphatic rings. The normalized spacial score (nSPS) is 20.8. The molecule has 2 heterocycles. The van der Waals surface area contributed by atoms with Crippen molar-refractivity contribution in [3.63, 3.8) is 0 Å². The lowest BCUT2D eigenvalue weighted by Crippen LogP contribution is -2.29. The minimum Gasteiger partial charge on any atom is -0.480 e. The smallest absolute Gasteiger partial charge is 0.325 e. The summed E-state index contributed by atoms with van der Waals surface area (Å²) in [5.74, 6) is -1.08. The molecule has 1 saturated heterocycles. The lowest BCUT2D eigenvalue weighted by atomic mass is 10.3. The van der Waals surface area contributed by atoms with Crippen LogP contribution in [0.3, 0.4) is 0 Å². The molecule has 1 aromatic rings. The van der Waals surface area contributed by atoms with Crippen LogP contribution in [0.15, 0.2) is 17.3 Å². The molecule has 0 radical (unpaired) electrons. The first-order chi connectivity index (χ1) is 8.93. The zero-order valence-corrected chi connectivity index (χ0v) is 11.2. The summed E-state index contributed by atoms with van der Waals surface area (Å²) < 4.78 is 32.1. The highest BCUT2D eigenvalue weighted by atomic mass is 32.2. The third-order valence-corrected chi connectivity index (χ3v) is 4.80. The Morgan fingerprint density at radius 1 is 1.63 bits per heavy atom. The fourth-order valence-corrected chi connectivity index (χ4v) is 3.40. The van der Waals surface area contributed by atoms with E-state index in [-0.39, 0.29) is 17.5 Å². The highest BCUT2D eigenvalue weighted by Gasteiger charge is 2.33. The van der Waals surface area contributed by atoms with Gasteiger partial charge < -0.3 is 9.84 Å². The molecular weight excluding hydrogens is 274 g/mol. The van der Waals surface area contributed by atoms with Crippen LogP contribution in [0.1, 0.15) is 6.42 Å². The van der Waals surface area contributed by atoms with Crippen molar-refractivity contribution in [2.24, 2.45) is 0 Å². The van der Waals surface area contributed by atoms with Crippen LogP contribution >= 0.6 is 0 Å². The van der Waals surface area contributed by atoms with E-state index >= 15 is 0 Å². The highest BCUT2D eigenvalue weighted by molar-refractivity contribution is 7.89. The quantitative estimate of drug-likeness (QED) is 0.775. The SMILES string of the molecule is COC1CCN(S(=O)(=O)c2cnn(CC(=O)O)c2)C1. The molecule has 0 aromatic carbocycles. The third kappa shape index (κ3) is 2.94. The maximum atomic E-state index is 12.3. The van der Waals surface area contributed by atoms with E-state index in [0.29, 0.717) is 19.5 Å². The van der Waals surface area contributed by atoms with Crippen LogP contribution in [0.25, 0.3) is 0 Å². The Kier molecular flexibility index (Phi) is 3.88. The van der Waals surface area contributed by atoms with E-state index in [1.54, 1.807) is 7.11 Å². The molecule has 1 N–H and O–H groups in total. The summed E-state index contributed by atoms with van der Waals surface area (Å²) >= 11 is 0. The first-order valence-electron chi connectivity index (χ1n) is 5.70. The van der Waals surface area contributed by atoms with Crippen molar-refractivity contribution in [3.05, 3.63) is 12.4 Å². The van der Waals surface area contributed by atoms with Gasteiger partial charge in [0.2, 0.25) is 10.0 Å². The van der Waals surface area contributed by atoms with Crippen molar-refractivity contribution >= 4 is 16.0 Å².